The minimum atomic E-state index is 0.848. The van der Waals surface area contributed by atoms with E-state index >= 15 is 0 Å². The molecule has 0 aliphatic rings. The van der Waals surface area contributed by atoms with Crippen molar-refractivity contribution in [3.05, 3.63) is 34.9 Å². The van der Waals surface area contributed by atoms with E-state index in [-0.39, 0.29) is 0 Å². The number of aryl methyl sites for hydroxylation is 2. The third kappa shape index (κ3) is 2.60. The zero-order chi connectivity index (χ0) is 10.4. The van der Waals surface area contributed by atoms with Crippen molar-refractivity contribution in [3.8, 4) is 6.07 Å². The molecule has 1 aromatic carbocycles. The maximum absolute atomic E-state index is 8.95. The van der Waals surface area contributed by atoms with Crippen LogP contribution in [-0.4, -0.2) is 0 Å². The Labute approximate surface area is 86.4 Å². The second kappa shape index (κ2) is 5.44. The van der Waals surface area contributed by atoms with Gasteiger partial charge < -0.3 is 0 Å². The molecule has 0 bridgehead atoms. The summed E-state index contributed by atoms with van der Waals surface area (Å²) < 4.78 is 0. The van der Waals surface area contributed by atoms with Crippen molar-refractivity contribution in [2.75, 3.05) is 0 Å². The van der Waals surface area contributed by atoms with Gasteiger partial charge >= 0.3 is 0 Å². The van der Waals surface area contributed by atoms with E-state index in [1.54, 1.807) is 0 Å². The third-order valence-electron chi connectivity index (χ3n) is 2.49. The molecule has 0 N–H and O–H groups in total. The molecule has 0 radical (unpaired) electrons. The molecule has 0 aliphatic carbocycles. The van der Waals surface area contributed by atoms with Crippen LogP contribution in [-0.2, 0) is 12.8 Å². The summed E-state index contributed by atoms with van der Waals surface area (Å²) >= 11 is 0. The smallest absolute Gasteiger partial charge is 0.0994 e. The first-order chi connectivity index (χ1) is 6.81. The third-order valence-corrected chi connectivity index (χ3v) is 2.49. The lowest BCUT2D eigenvalue weighted by atomic mass is 10.00. The van der Waals surface area contributed by atoms with Crippen LogP contribution in [0.4, 0.5) is 0 Å². The molecule has 1 nitrogen and oxygen atoms in total. The largest absolute Gasteiger partial charge is 0.192 e. The molecule has 1 aromatic rings. The van der Waals surface area contributed by atoms with Gasteiger partial charge in [-0.2, -0.15) is 5.26 Å². The van der Waals surface area contributed by atoms with Gasteiger partial charge in [-0.25, -0.2) is 0 Å². The van der Waals surface area contributed by atoms with Gasteiger partial charge in [0.15, 0.2) is 0 Å². The average Bonchev–Trinajstić information content (AvgIpc) is 2.25. The van der Waals surface area contributed by atoms with Crippen LogP contribution in [0.1, 0.15) is 43.4 Å². The van der Waals surface area contributed by atoms with Crippen LogP contribution >= 0.6 is 0 Å². The number of rotatable bonds is 4. The Kier molecular flexibility index (Phi) is 4.19. The first-order valence-corrected chi connectivity index (χ1v) is 5.33. The van der Waals surface area contributed by atoms with Gasteiger partial charge in [0.1, 0.15) is 0 Å². The first kappa shape index (κ1) is 10.8. The topological polar surface area (TPSA) is 23.8 Å². The van der Waals surface area contributed by atoms with Crippen molar-refractivity contribution in [2.24, 2.45) is 0 Å². The van der Waals surface area contributed by atoms with Crippen LogP contribution in [0.25, 0.3) is 0 Å². The van der Waals surface area contributed by atoms with Gasteiger partial charge in [-0.15, -0.1) is 0 Å². The summed E-state index contributed by atoms with van der Waals surface area (Å²) in [4.78, 5) is 0. The van der Waals surface area contributed by atoms with E-state index in [2.05, 4.69) is 32.0 Å². The molecule has 0 unspecified atom stereocenters. The first-order valence-electron chi connectivity index (χ1n) is 5.33. The minimum absolute atomic E-state index is 0.848. The van der Waals surface area contributed by atoms with Gasteiger partial charge in [0, 0.05) is 0 Å². The molecule has 0 amide bonds. The highest BCUT2D eigenvalue weighted by atomic mass is 14.2. The number of hydrogen-bond donors (Lipinski definition) is 0. The van der Waals surface area contributed by atoms with E-state index < -0.39 is 0 Å². The Hall–Kier alpha value is -1.29. The summed E-state index contributed by atoms with van der Waals surface area (Å²) in [6.45, 7) is 4.27. The van der Waals surface area contributed by atoms with E-state index in [9.17, 15) is 0 Å². The van der Waals surface area contributed by atoms with E-state index in [4.69, 9.17) is 5.26 Å². The fourth-order valence-corrected chi connectivity index (χ4v) is 1.57. The number of nitrogens with zero attached hydrogens (tertiary/aromatic N) is 1. The average molecular weight is 187 g/mol. The Morgan fingerprint density at radius 1 is 1.29 bits per heavy atom. The van der Waals surface area contributed by atoms with Crippen molar-refractivity contribution < 1.29 is 0 Å². The fraction of sp³-hybridized carbons (Fsp3) is 0.462. The molecule has 0 fully saturated rings. The summed E-state index contributed by atoms with van der Waals surface area (Å²) in [5.41, 5.74) is 3.30. The van der Waals surface area contributed by atoms with E-state index in [0.29, 0.717) is 0 Å². The summed E-state index contributed by atoms with van der Waals surface area (Å²) in [5.74, 6) is 0. The number of benzene rings is 1. The van der Waals surface area contributed by atoms with Crippen molar-refractivity contribution in [1.29, 1.82) is 5.26 Å². The SMILES string of the molecule is CCCCc1ccc(CC)c(C#N)c1. The molecule has 0 aliphatic heterocycles. The van der Waals surface area contributed by atoms with E-state index in [0.717, 1.165) is 24.0 Å². The van der Waals surface area contributed by atoms with Crippen LogP contribution in [0, 0.1) is 11.3 Å². The molecule has 0 saturated heterocycles. The summed E-state index contributed by atoms with van der Waals surface area (Å²) in [5, 5.41) is 8.95. The molecule has 1 rings (SSSR count). The van der Waals surface area contributed by atoms with Crippen LogP contribution < -0.4 is 0 Å². The quantitative estimate of drug-likeness (QED) is 0.708. The van der Waals surface area contributed by atoms with Gasteiger partial charge in [0.2, 0.25) is 0 Å². The molecule has 0 atom stereocenters. The second-order valence-corrected chi connectivity index (χ2v) is 3.56. The van der Waals surface area contributed by atoms with E-state index in [1.165, 1.54) is 18.4 Å². The van der Waals surface area contributed by atoms with Gasteiger partial charge in [-0.05, 0) is 36.5 Å². The second-order valence-electron chi connectivity index (χ2n) is 3.56. The van der Waals surface area contributed by atoms with Gasteiger partial charge in [0.25, 0.3) is 0 Å². The Balaban J connectivity index is 2.86. The van der Waals surface area contributed by atoms with Crippen LogP contribution in [0.5, 0.6) is 0 Å². The molecule has 0 saturated carbocycles. The van der Waals surface area contributed by atoms with Gasteiger partial charge in [-0.1, -0.05) is 32.4 Å². The van der Waals surface area contributed by atoms with Gasteiger partial charge in [-0.3, -0.25) is 0 Å². The lowest BCUT2D eigenvalue weighted by Crippen LogP contribution is -1.91. The molecule has 74 valence electrons. The fourth-order valence-electron chi connectivity index (χ4n) is 1.57. The van der Waals surface area contributed by atoms with Crippen LogP contribution in [0.2, 0.25) is 0 Å². The Morgan fingerprint density at radius 3 is 2.64 bits per heavy atom. The summed E-state index contributed by atoms with van der Waals surface area (Å²) in [6, 6.07) is 8.53. The monoisotopic (exact) mass is 187 g/mol. The van der Waals surface area contributed by atoms with Crippen LogP contribution in [0.3, 0.4) is 0 Å². The molecular formula is C13H17N. The van der Waals surface area contributed by atoms with Crippen molar-refractivity contribution in [2.45, 2.75) is 39.5 Å². The summed E-state index contributed by atoms with van der Waals surface area (Å²) in [6.07, 6.45) is 4.44. The van der Waals surface area contributed by atoms with Crippen molar-refractivity contribution in [3.63, 3.8) is 0 Å². The van der Waals surface area contributed by atoms with Crippen molar-refractivity contribution >= 4 is 0 Å². The molecule has 0 aromatic heterocycles. The van der Waals surface area contributed by atoms with Crippen molar-refractivity contribution in [1.82, 2.24) is 0 Å². The molecule has 1 heteroatoms. The molecule has 0 spiro atoms. The summed E-state index contributed by atoms with van der Waals surface area (Å²) in [7, 11) is 0. The predicted molar refractivity (Wildman–Crippen MR) is 59.1 cm³/mol. The normalized spacial score (nSPS) is 9.79. The standard InChI is InChI=1S/C13H17N/c1-3-5-6-11-7-8-12(4-2)13(9-11)10-14/h7-9H,3-6H2,1-2H3. The van der Waals surface area contributed by atoms with Crippen LogP contribution in [0.15, 0.2) is 18.2 Å². The highest BCUT2D eigenvalue weighted by molar-refractivity contribution is 5.40. The highest BCUT2D eigenvalue weighted by Gasteiger charge is 2.01. The predicted octanol–water partition coefficient (Wildman–Crippen LogP) is 3.46. The lowest BCUT2D eigenvalue weighted by Gasteiger charge is -2.04. The number of hydrogen-bond acceptors (Lipinski definition) is 1. The maximum atomic E-state index is 8.95. The maximum Gasteiger partial charge on any atom is 0.0994 e. The Bertz CT molecular complexity index is 334. The molecular weight excluding hydrogens is 170 g/mol. The molecule has 14 heavy (non-hydrogen) atoms. The molecule has 0 heterocycles. The highest BCUT2D eigenvalue weighted by Crippen LogP contribution is 2.13. The lowest BCUT2D eigenvalue weighted by molar-refractivity contribution is 0.794. The number of nitriles is 1. The minimum Gasteiger partial charge on any atom is -0.192 e. The number of unbranched alkanes of at least 4 members (excludes halogenated alkanes) is 1. The van der Waals surface area contributed by atoms with Gasteiger partial charge in [0.05, 0.1) is 11.6 Å². The zero-order valence-corrected chi connectivity index (χ0v) is 9.01. The Morgan fingerprint density at radius 2 is 2.07 bits per heavy atom. The zero-order valence-electron chi connectivity index (χ0n) is 9.01. The van der Waals surface area contributed by atoms with E-state index in [1.807, 2.05) is 6.07 Å².